The van der Waals surface area contributed by atoms with Crippen LogP contribution in [0.2, 0.25) is 0 Å². The second kappa shape index (κ2) is 9.59. The number of para-hydroxylation sites is 1. The van der Waals surface area contributed by atoms with E-state index in [9.17, 15) is 16.8 Å². The first-order chi connectivity index (χ1) is 16.3. The van der Waals surface area contributed by atoms with E-state index in [2.05, 4.69) is 30.9 Å². The van der Waals surface area contributed by atoms with Gasteiger partial charge in [0, 0.05) is 30.2 Å². The first kappa shape index (κ1) is 24.6. The standard InChI is InChI=1S/C19H17N7O4S2.HIO/c20-32(29,30)18-15(31(27,28)12-9-21-10-12)7-6-13(16(18)19-23-25-26-24-19)14-5-1-3-11-4-2-8-22-17(11)14;1-2/h1-8,12,21H,9-10H2,(H2,20,29,30)(H,23,24,25,26);2H. The maximum Gasteiger partial charge on any atom is 0.240 e. The molecule has 0 amide bonds. The van der Waals surface area contributed by atoms with Crippen LogP contribution in [0.1, 0.15) is 0 Å². The quantitative estimate of drug-likeness (QED) is 0.233. The zero-order chi connectivity index (χ0) is 24.5. The van der Waals surface area contributed by atoms with Crippen molar-refractivity contribution in [2.24, 2.45) is 5.14 Å². The average molecular weight is 615 g/mol. The van der Waals surface area contributed by atoms with Gasteiger partial charge >= 0.3 is 0 Å². The number of aromatic nitrogens is 5. The zero-order valence-electron chi connectivity index (χ0n) is 17.3. The van der Waals surface area contributed by atoms with Gasteiger partial charge in [-0.2, -0.15) is 5.21 Å². The molecule has 1 fully saturated rings. The largest absolute Gasteiger partial charge is 0.331 e. The summed E-state index contributed by atoms with van der Waals surface area (Å²) in [6.45, 7) is 0.442. The lowest BCUT2D eigenvalue weighted by atomic mass is 9.96. The molecule has 0 unspecified atom stereocenters. The minimum absolute atomic E-state index is 0.0484. The van der Waals surface area contributed by atoms with E-state index in [4.69, 9.17) is 8.57 Å². The Bertz CT molecular complexity index is 1550. The van der Waals surface area contributed by atoms with E-state index < -0.39 is 30.0 Å². The highest BCUT2D eigenvalue weighted by atomic mass is 127. The fraction of sp³-hybridized carbons (Fsp3) is 0.158. The van der Waals surface area contributed by atoms with Gasteiger partial charge in [-0.05, 0) is 22.9 Å². The Morgan fingerprint density at radius 2 is 1.74 bits per heavy atom. The van der Waals surface area contributed by atoms with Gasteiger partial charge in [-0.15, -0.1) is 10.2 Å². The number of benzene rings is 2. The van der Waals surface area contributed by atoms with Crippen LogP contribution in [0.15, 0.2) is 58.5 Å². The van der Waals surface area contributed by atoms with Crippen LogP contribution in [-0.2, 0) is 19.9 Å². The van der Waals surface area contributed by atoms with E-state index in [-0.39, 0.29) is 29.4 Å². The summed E-state index contributed by atoms with van der Waals surface area (Å²) in [7, 11) is -8.51. The lowest BCUT2D eigenvalue weighted by molar-refractivity contribution is 0.493. The second-order valence-electron chi connectivity index (χ2n) is 7.30. The van der Waals surface area contributed by atoms with Crippen molar-refractivity contribution < 1.29 is 20.3 Å². The molecule has 2 aromatic carbocycles. The number of pyridine rings is 1. The zero-order valence-corrected chi connectivity index (χ0v) is 21.0. The molecule has 2 aromatic heterocycles. The Hall–Kier alpha value is -2.57. The summed E-state index contributed by atoms with van der Waals surface area (Å²) in [5.41, 5.74) is 1.49. The third kappa shape index (κ3) is 4.29. The molecule has 0 radical (unpaired) electrons. The van der Waals surface area contributed by atoms with E-state index in [1.54, 1.807) is 24.4 Å². The van der Waals surface area contributed by atoms with Gasteiger partial charge in [0.15, 0.2) is 9.84 Å². The van der Waals surface area contributed by atoms with Gasteiger partial charge in [-0.1, -0.05) is 30.3 Å². The van der Waals surface area contributed by atoms with Crippen molar-refractivity contribution in [3.05, 3.63) is 48.7 Å². The first-order valence-electron chi connectivity index (χ1n) is 9.68. The summed E-state index contributed by atoms with van der Waals surface area (Å²) >= 11 is 1.15. The third-order valence-electron chi connectivity index (χ3n) is 5.39. The Balaban J connectivity index is 0.00000133. The molecule has 1 aliphatic rings. The maximum absolute atomic E-state index is 13.2. The smallest absolute Gasteiger partial charge is 0.240 e. The number of sulfone groups is 1. The molecule has 0 saturated carbocycles. The number of hydrogen-bond acceptors (Lipinski definition) is 10. The monoisotopic (exact) mass is 615 g/mol. The molecule has 1 saturated heterocycles. The number of aromatic amines is 1. The van der Waals surface area contributed by atoms with Gasteiger partial charge in [0.05, 0.1) is 21.2 Å². The van der Waals surface area contributed by atoms with Crippen molar-refractivity contribution in [1.82, 2.24) is 30.9 Å². The number of nitrogens with one attached hydrogen (secondary N) is 2. The van der Waals surface area contributed by atoms with E-state index >= 15 is 0 Å². The van der Waals surface area contributed by atoms with Crippen LogP contribution < -0.4 is 10.5 Å². The Morgan fingerprint density at radius 3 is 2.35 bits per heavy atom. The molecule has 34 heavy (non-hydrogen) atoms. The molecular formula is C19H18IN7O5S2. The Kier molecular flexibility index (Phi) is 6.92. The molecule has 5 N–H and O–H groups in total. The summed E-state index contributed by atoms with van der Waals surface area (Å²) < 4.78 is 59.0. The molecular weight excluding hydrogens is 597 g/mol. The van der Waals surface area contributed by atoms with Crippen molar-refractivity contribution in [3.63, 3.8) is 0 Å². The molecule has 0 bridgehead atoms. The number of hydrogen-bond donors (Lipinski definition) is 4. The summed E-state index contributed by atoms with van der Waals surface area (Å²) in [6.07, 6.45) is 1.61. The van der Waals surface area contributed by atoms with Crippen LogP contribution >= 0.6 is 23.0 Å². The lowest BCUT2D eigenvalue weighted by Crippen LogP contribution is -2.51. The van der Waals surface area contributed by atoms with Crippen LogP contribution in [0.3, 0.4) is 0 Å². The predicted molar refractivity (Wildman–Crippen MR) is 132 cm³/mol. The lowest BCUT2D eigenvalue weighted by Gasteiger charge is -2.28. The van der Waals surface area contributed by atoms with Crippen LogP contribution in [0.5, 0.6) is 0 Å². The highest BCUT2D eigenvalue weighted by molar-refractivity contribution is 14.1. The van der Waals surface area contributed by atoms with E-state index in [1.807, 2.05) is 12.1 Å². The first-order valence-corrected chi connectivity index (χ1v) is 13.7. The Labute approximate surface area is 208 Å². The van der Waals surface area contributed by atoms with Crippen molar-refractivity contribution in [3.8, 4) is 22.5 Å². The number of tetrazole rings is 1. The van der Waals surface area contributed by atoms with Crippen LogP contribution in [0.25, 0.3) is 33.4 Å². The van der Waals surface area contributed by atoms with Crippen molar-refractivity contribution in [2.45, 2.75) is 15.0 Å². The molecule has 5 rings (SSSR count). The van der Waals surface area contributed by atoms with E-state index in [1.165, 1.54) is 12.1 Å². The van der Waals surface area contributed by atoms with Crippen molar-refractivity contribution >= 4 is 53.8 Å². The SMILES string of the molecule is NS(=O)(=O)c1c(S(=O)(=O)C2CNC2)ccc(-c2cccc3cccnc23)c1-c1nn[nH]n1.OI. The van der Waals surface area contributed by atoms with Crippen LogP contribution in [0.4, 0.5) is 0 Å². The summed E-state index contributed by atoms with van der Waals surface area (Å²) in [4.78, 5) is 3.48. The fourth-order valence-corrected chi connectivity index (χ4v) is 6.95. The highest BCUT2D eigenvalue weighted by Crippen LogP contribution is 2.41. The number of sulfonamides is 1. The molecule has 15 heteroatoms. The minimum Gasteiger partial charge on any atom is -0.331 e. The number of nitrogens with two attached hydrogens (primary N) is 1. The van der Waals surface area contributed by atoms with Gasteiger partial charge in [0.25, 0.3) is 0 Å². The van der Waals surface area contributed by atoms with Crippen molar-refractivity contribution in [2.75, 3.05) is 13.1 Å². The van der Waals surface area contributed by atoms with Crippen LogP contribution in [-0.4, -0.2) is 64.2 Å². The van der Waals surface area contributed by atoms with E-state index in [0.29, 0.717) is 16.6 Å². The third-order valence-corrected chi connectivity index (χ3v) is 8.67. The topological polar surface area (TPSA) is 194 Å². The Morgan fingerprint density at radius 1 is 1.00 bits per heavy atom. The molecule has 4 aromatic rings. The van der Waals surface area contributed by atoms with Crippen LogP contribution in [0, 0.1) is 0 Å². The van der Waals surface area contributed by atoms with Gasteiger partial charge in [0.2, 0.25) is 15.8 Å². The van der Waals surface area contributed by atoms with Gasteiger partial charge in [-0.3, -0.25) is 4.98 Å². The molecule has 0 spiro atoms. The fourth-order valence-electron chi connectivity index (χ4n) is 3.77. The normalized spacial score (nSPS) is 14.3. The van der Waals surface area contributed by atoms with E-state index in [0.717, 1.165) is 28.4 Å². The number of nitrogens with zero attached hydrogens (tertiary/aromatic N) is 4. The molecule has 1 aliphatic heterocycles. The molecule has 0 atom stereocenters. The highest BCUT2D eigenvalue weighted by Gasteiger charge is 2.38. The summed E-state index contributed by atoms with van der Waals surface area (Å²) in [5.74, 6) is -0.0965. The second-order valence-corrected chi connectivity index (χ2v) is 11.0. The molecule has 178 valence electrons. The average Bonchev–Trinajstić information content (AvgIpc) is 3.32. The molecule has 12 nitrogen and oxygen atoms in total. The number of primary sulfonamides is 1. The predicted octanol–water partition coefficient (Wildman–Crippen LogP) is 0.803. The summed E-state index contributed by atoms with van der Waals surface area (Å²) in [6, 6.07) is 11.9. The van der Waals surface area contributed by atoms with Gasteiger partial charge < -0.3 is 8.75 Å². The summed E-state index contributed by atoms with van der Waals surface area (Å²) in [5, 5.41) is 22.2. The maximum atomic E-state index is 13.2. The minimum atomic E-state index is -4.52. The van der Waals surface area contributed by atoms with Crippen molar-refractivity contribution in [1.29, 1.82) is 0 Å². The number of halogens is 1. The number of fused-ring (bicyclic) bond motifs is 1. The van der Waals surface area contributed by atoms with Gasteiger partial charge in [0.1, 0.15) is 27.9 Å². The molecule has 3 heterocycles. The number of rotatable bonds is 5. The van der Waals surface area contributed by atoms with Gasteiger partial charge in [-0.25, -0.2) is 22.0 Å². The number of H-pyrrole nitrogens is 1. The molecule has 0 aliphatic carbocycles.